The Balaban J connectivity index is 2.23. The van der Waals surface area contributed by atoms with Crippen molar-refractivity contribution < 1.29 is 26.7 Å². The molecule has 0 radical (unpaired) electrons. The molecular weight excluding hydrogens is 363 g/mol. The zero-order valence-corrected chi connectivity index (χ0v) is 12.4. The molecule has 4 nitrogen and oxygen atoms in total. The summed E-state index contributed by atoms with van der Waals surface area (Å²) in [5.41, 5.74) is -0.750. The largest absolute Gasteiger partial charge is 0.417 e. The summed E-state index contributed by atoms with van der Waals surface area (Å²) in [6, 6.07) is 2.68. The smallest absolute Gasteiger partial charge is 0.390 e. The lowest BCUT2D eigenvalue weighted by atomic mass is 10.1. The van der Waals surface area contributed by atoms with Crippen molar-refractivity contribution in [2.75, 3.05) is 16.8 Å². The molecule has 0 bridgehead atoms. The van der Waals surface area contributed by atoms with Crippen molar-refractivity contribution in [3.05, 3.63) is 28.2 Å². The van der Waals surface area contributed by atoms with Crippen LogP contribution in [0.25, 0.3) is 0 Å². The maximum atomic E-state index is 12.7. The Kier molecular flexibility index (Phi) is 4.05. The molecule has 0 aliphatic carbocycles. The number of rotatable bonds is 2. The second-order valence-electron chi connectivity index (χ2n) is 4.59. The van der Waals surface area contributed by atoms with E-state index in [-0.39, 0.29) is 21.7 Å². The van der Waals surface area contributed by atoms with E-state index in [1.54, 1.807) is 0 Å². The van der Waals surface area contributed by atoms with E-state index in [9.17, 15) is 26.7 Å². The zero-order valence-electron chi connectivity index (χ0n) is 9.98. The maximum absolute atomic E-state index is 12.7. The summed E-state index contributed by atoms with van der Waals surface area (Å²) in [6.07, 6.45) is -5.64. The normalized spacial score (nSPS) is 25.6. The Hall–Kier alpha value is -0.800. The molecule has 1 aromatic carbocycles. The molecule has 1 saturated heterocycles. The van der Waals surface area contributed by atoms with Crippen LogP contribution in [0.15, 0.2) is 22.7 Å². The van der Waals surface area contributed by atoms with Crippen molar-refractivity contribution in [2.45, 2.75) is 18.3 Å². The molecule has 1 aromatic rings. The molecule has 2 atom stereocenters. The summed E-state index contributed by atoms with van der Waals surface area (Å²) in [5.74, 6) is -0.682. The van der Waals surface area contributed by atoms with E-state index >= 15 is 0 Å². The number of aliphatic hydroxyl groups is 1. The summed E-state index contributed by atoms with van der Waals surface area (Å²) in [7, 11) is -3.36. The number of sulfone groups is 1. The lowest BCUT2D eigenvalue weighted by Gasteiger charge is -2.18. The van der Waals surface area contributed by atoms with Crippen LogP contribution in [-0.4, -0.2) is 37.2 Å². The van der Waals surface area contributed by atoms with Gasteiger partial charge in [-0.3, -0.25) is 0 Å². The van der Waals surface area contributed by atoms with Gasteiger partial charge < -0.3 is 10.4 Å². The van der Waals surface area contributed by atoms with E-state index in [0.717, 1.165) is 6.07 Å². The predicted molar refractivity (Wildman–Crippen MR) is 71.2 cm³/mol. The highest BCUT2D eigenvalue weighted by Crippen LogP contribution is 2.36. The predicted octanol–water partition coefficient (Wildman–Crippen LogP) is 2.04. The molecule has 2 rings (SSSR count). The van der Waals surface area contributed by atoms with Gasteiger partial charge in [0.1, 0.15) is 0 Å². The van der Waals surface area contributed by atoms with E-state index in [4.69, 9.17) is 0 Å². The number of hydrogen-bond acceptors (Lipinski definition) is 4. The molecule has 0 spiro atoms. The second kappa shape index (κ2) is 5.19. The van der Waals surface area contributed by atoms with Crippen LogP contribution in [0.2, 0.25) is 0 Å². The summed E-state index contributed by atoms with van der Waals surface area (Å²) in [5, 5.41) is 12.2. The molecule has 9 heteroatoms. The van der Waals surface area contributed by atoms with Gasteiger partial charge in [-0.1, -0.05) is 15.9 Å². The van der Waals surface area contributed by atoms with Crippen molar-refractivity contribution in [1.82, 2.24) is 0 Å². The highest BCUT2D eigenvalue weighted by molar-refractivity contribution is 9.10. The minimum atomic E-state index is -4.52. The van der Waals surface area contributed by atoms with Gasteiger partial charge in [-0.15, -0.1) is 0 Å². The van der Waals surface area contributed by atoms with Gasteiger partial charge in [-0.2, -0.15) is 13.2 Å². The number of benzene rings is 1. The van der Waals surface area contributed by atoms with Crippen LogP contribution < -0.4 is 5.32 Å². The minimum absolute atomic E-state index is 0.102. The van der Waals surface area contributed by atoms with Gasteiger partial charge in [0, 0.05) is 10.2 Å². The third-order valence-electron chi connectivity index (χ3n) is 2.95. The maximum Gasteiger partial charge on any atom is 0.417 e. The Morgan fingerprint density at radius 2 is 1.95 bits per heavy atom. The lowest BCUT2D eigenvalue weighted by molar-refractivity contribution is -0.138. The fraction of sp³-hybridized carbons (Fsp3) is 0.455. The topological polar surface area (TPSA) is 66.4 Å². The SMILES string of the molecule is O=S1(=O)CC(O)C(Nc2ccc(Br)c(C(F)(F)F)c2)C1. The molecule has 0 amide bonds. The monoisotopic (exact) mass is 373 g/mol. The average Bonchev–Trinajstić information content (AvgIpc) is 2.53. The van der Waals surface area contributed by atoms with Crippen molar-refractivity contribution >= 4 is 31.5 Å². The van der Waals surface area contributed by atoms with Gasteiger partial charge in [0.2, 0.25) is 0 Å². The fourth-order valence-corrected chi connectivity index (χ4v) is 4.23. The van der Waals surface area contributed by atoms with Crippen molar-refractivity contribution in [3.8, 4) is 0 Å². The summed E-state index contributed by atoms with van der Waals surface area (Å²) < 4.78 is 60.8. The van der Waals surface area contributed by atoms with Crippen LogP contribution in [0.5, 0.6) is 0 Å². The molecule has 1 heterocycles. The number of hydrogen-bond donors (Lipinski definition) is 2. The molecule has 1 aliphatic rings. The lowest BCUT2D eigenvalue weighted by Crippen LogP contribution is -2.31. The fourth-order valence-electron chi connectivity index (χ4n) is 2.01. The van der Waals surface area contributed by atoms with Gasteiger partial charge in [0.25, 0.3) is 0 Å². The molecule has 1 fully saturated rings. The minimum Gasteiger partial charge on any atom is -0.390 e. The first-order chi connectivity index (χ1) is 9.08. The van der Waals surface area contributed by atoms with Gasteiger partial charge in [0.15, 0.2) is 9.84 Å². The molecule has 112 valence electrons. The number of nitrogens with one attached hydrogen (secondary N) is 1. The quantitative estimate of drug-likeness (QED) is 0.832. The first-order valence-electron chi connectivity index (χ1n) is 5.60. The summed E-state index contributed by atoms with van der Waals surface area (Å²) >= 11 is 2.82. The van der Waals surface area contributed by atoms with E-state index in [1.807, 2.05) is 0 Å². The summed E-state index contributed by atoms with van der Waals surface area (Å²) in [6.45, 7) is 0. The van der Waals surface area contributed by atoms with Gasteiger partial charge >= 0.3 is 6.18 Å². The van der Waals surface area contributed by atoms with Crippen LogP contribution in [-0.2, 0) is 16.0 Å². The molecular formula is C11H11BrF3NO3S. The Morgan fingerprint density at radius 3 is 2.45 bits per heavy atom. The highest BCUT2D eigenvalue weighted by Gasteiger charge is 2.37. The van der Waals surface area contributed by atoms with E-state index in [0.29, 0.717) is 0 Å². The number of alkyl halides is 3. The van der Waals surface area contributed by atoms with Crippen LogP contribution in [0.3, 0.4) is 0 Å². The van der Waals surface area contributed by atoms with E-state index in [1.165, 1.54) is 12.1 Å². The first-order valence-corrected chi connectivity index (χ1v) is 8.22. The average molecular weight is 374 g/mol. The van der Waals surface area contributed by atoms with Crippen LogP contribution >= 0.6 is 15.9 Å². The van der Waals surface area contributed by atoms with Crippen molar-refractivity contribution in [1.29, 1.82) is 0 Å². The van der Waals surface area contributed by atoms with Crippen molar-refractivity contribution in [2.24, 2.45) is 0 Å². The third kappa shape index (κ3) is 3.44. The van der Waals surface area contributed by atoms with Crippen LogP contribution in [0.4, 0.5) is 18.9 Å². The second-order valence-corrected chi connectivity index (χ2v) is 7.60. The van der Waals surface area contributed by atoms with Gasteiger partial charge in [-0.05, 0) is 18.2 Å². The number of halogens is 4. The molecule has 2 N–H and O–H groups in total. The number of anilines is 1. The van der Waals surface area contributed by atoms with Gasteiger partial charge in [-0.25, -0.2) is 8.42 Å². The van der Waals surface area contributed by atoms with Crippen LogP contribution in [0.1, 0.15) is 5.56 Å². The Morgan fingerprint density at radius 1 is 1.30 bits per heavy atom. The molecule has 2 unspecified atom stereocenters. The Labute approximate surface area is 122 Å². The zero-order chi connectivity index (χ0) is 15.1. The third-order valence-corrected chi connectivity index (χ3v) is 5.35. The summed E-state index contributed by atoms with van der Waals surface area (Å²) in [4.78, 5) is 0. The highest BCUT2D eigenvalue weighted by atomic mass is 79.9. The van der Waals surface area contributed by atoms with E-state index in [2.05, 4.69) is 21.2 Å². The molecule has 0 aromatic heterocycles. The Bertz CT molecular complexity index is 618. The molecule has 1 aliphatic heterocycles. The standard InChI is InChI=1S/C11H11BrF3NO3S/c12-8-2-1-6(3-7(8)11(13,14)15)16-9-4-20(18,19)5-10(9)17/h1-3,9-10,16-17H,4-5H2. The van der Waals surface area contributed by atoms with Crippen LogP contribution in [0, 0.1) is 0 Å². The molecule has 20 heavy (non-hydrogen) atoms. The van der Waals surface area contributed by atoms with E-state index < -0.39 is 33.7 Å². The van der Waals surface area contributed by atoms with Crippen molar-refractivity contribution in [3.63, 3.8) is 0 Å². The first kappa shape index (κ1) is 15.6. The number of aliphatic hydroxyl groups excluding tert-OH is 1. The molecule has 0 saturated carbocycles. The van der Waals surface area contributed by atoms with Gasteiger partial charge in [0.05, 0.1) is 29.2 Å².